The summed E-state index contributed by atoms with van der Waals surface area (Å²) in [6.07, 6.45) is 0. The smallest absolute Gasteiger partial charge is 0.213 e. The molecule has 0 radical (unpaired) electrons. The Labute approximate surface area is 97.7 Å². The highest BCUT2D eigenvalue weighted by Crippen LogP contribution is 2.37. The predicted octanol–water partition coefficient (Wildman–Crippen LogP) is 1.28. The monoisotopic (exact) mass is 235 g/mol. The number of fused-ring (bicyclic) bond motifs is 1. The molecule has 0 spiro atoms. The molecule has 0 saturated heterocycles. The maximum Gasteiger partial charge on any atom is 0.213 e. The van der Waals surface area contributed by atoms with Crippen LogP contribution in [0.1, 0.15) is 5.76 Å². The van der Waals surface area contributed by atoms with Crippen LogP contribution < -0.4 is 10.6 Å². The second-order valence-electron chi connectivity index (χ2n) is 3.58. The maximum atomic E-state index is 9.96. The van der Waals surface area contributed by atoms with Crippen molar-refractivity contribution < 1.29 is 14.3 Å². The van der Waals surface area contributed by atoms with Crippen LogP contribution in [0.5, 0.6) is 11.5 Å². The Balaban J connectivity index is 2.68. The van der Waals surface area contributed by atoms with E-state index < -0.39 is 0 Å². The van der Waals surface area contributed by atoms with E-state index in [9.17, 15) is 5.11 Å². The molecule has 0 atom stereocenters. The number of methoxy groups -OCH3 is 1. The molecular weight excluding hydrogens is 222 g/mol. The van der Waals surface area contributed by atoms with Crippen LogP contribution in [-0.2, 0) is 0 Å². The molecule has 0 unspecified atom stereocenters. The van der Waals surface area contributed by atoms with Gasteiger partial charge in [0.15, 0.2) is 22.9 Å². The summed E-state index contributed by atoms with van der Waals surface area (Å²) >= 11 is 0. The van der Waals surface area contributed by atoms with Gasteiger partial charge < -0.3 is 14.3 Å². The zero-order valence-electron chi connectivity index (χ0n) is 9.52. The molecule has 2 rings (SSSR count). The predicted molar refractivity (Wildman–Crippen MR) is 63.2 cm³/mol. The molecule has 1 aromatic heterocycles. The van der Waals surface area contributed by atoms with Crippen molar-refractivity contribution in [1.29, 1.82) is 5.41 Å². The highest BCUT2D eigenvalue weighted by atomic mass is 16.5. The lowest BCUT2D eigenvalue weighted by Crippen LogP contribution is -2.32. The number of aromatic hydroxyl groups is 1. The number of furan rings is 1. The highest BCUT2D eigenvalue weighted by molar-refractivity contribution is 6.03. The van der Waals surface area contributed by atoms with Crippen LogP contribution in [0, 0.1) is 5.41 Å². The third-order valence-corrected chi connectivity index (χ3v) is 2.44. The van der Waals surface area contributed by atoms with Gasteiger partial charge >= 0.3 is 0 Å². The van der Waals surface area contributed by atoms with Crippen molar-refractivity contribution in [2.24, 2.45) is 5.84 Å². The van der Waals surface area contributed by atoms with Gasteiger partial charge in [0, 0.05) is 7.05 Å². The minimum atomic E-state index is -0.110. The molecule has 6 nitrogen and oxygen atoms in total. The normalized spacial score (nSPS) is 10.5. The second-order valence-corrected chi connectivity index (χ2v) is 3.58. The molecule has 17 heavy (non-hydrogen) atoms. The molecule has 1 aromatic carbocycles. The van der Waals surface area contributed by atoms with Crippen LogP contribution in [-0.4, -0.2) is 30.1 Å². The molecule has 0 aliphatic rings. The van der Waals surface area contributed by atoms with E-state index >= 15 is 0 Å². The van der Waals surface area contributed by atoms with Crippen molar-refractivity contribution >= 4 is 16.8 Å². The van der Waals surface area contributed by atoms with E-state index in [4.69, 9.17) is 20.4 Å². The Bertz CT molecular complexity index is 575. The number of hydrogen-bond donors (Lipinski definition) is 3. The number of ether oxygens (including phenoxy) is 1. The summed E-state index contributed by atoms with van der Waals surface area (Å²) in [7, 11) is 3.00. The van der Waals surface area contributed by atoms with Gasteiger partial charge in [-0.05, 0) is 12.1 Å². The largest absolute Gasteiger partial charge is 0.504 e. The maximum absolute atomic E-state index is 9.96. The fourth-order valence-corrected chi connectivity index (χ4v) is 1.56. The van der Waals surface area contributed by atoms with Gasteiger partial charge in [0.05, 0.1) is 12.5 Å². The van der Waals surface area contributed by atoms with E-state index in [0.717, 1.165) is 5.01 Å². The average Bonchev–Trinajstić information content (AvgIpc) is 2.66. The number of para-hydroxylation sites is 1. The number of nitrogens with one attached hydrogen (secondary N) is 1. The van der Waals surface area contributed by atoms with Crippen LogP contribution in [0.3, 0.4) is 0 Å². The summed E-state index contributed by atoms with van der Waals surface area (Å²) in [5.41, 5.74) is 0.397. The van der Waals surface area contributed by atoms with Gasteiger partial charge in [0.2, 0.25) is 5.76 Å². The third kappa shape index (κ3) is 1.68. The van der Waals surface area contributed by atoms with E-state index in [-0.39, 0.29) is 17.3 Å². The molecule has 0 aliphatic carbocycles. The highest BCUT2D eigenvalue weighted by Gasteiger charge is 2.20. The lowest BCUT2D eigenvalue weighted by Gasteiger charge is -2.10. The summed E-state index contributed by atoms with van der Waals surface area (Å²) in [4.78, 5) is 0. The minimum absolute atomic E-state index is 0.0227. The zero-order valence-corrected chi connectivity index (χ0v) is 9.52. The number of benzene rings is 1. The topological polar surface area (TPSA) is 95.7 Å². The summed E-state index contributed by atoms with van der Waals surface area (Å²) < 4.78 is 10.5. The van der Waals surface area contributed by atoms with Gasteiger partial charge in [-0.15, -0.1) is 0 Å². The Morgan fingerprint density at radius 1 is 1.53 bits per heavy atom. The lowest BCUT2D eigenvalue weighted by molar-refractivity contribution is 0.406. The van der Waals surface area contributed by atoms with Crippen molar-refractivity contribution in [1.82, 2.24) is 5.01 Å². The van der Waals surface area contributed by atoms with Crippen molar-refractivity contribution in [2.45, 2.75) is 0 Å². The van der Waals surface area contributed by atoms with Crippen molar-refractivity contribution in [3.05, 3.63) is 24.0 Å². The van der Waals surface area contributed by atoms with Crippen molar-refractivity contribution in [3.8, 4) is 11.5 Å². The summed E-state index contributed by atoms with van der Waals surface area (Å²) in [5.74, 6) is 5.73. The number of nitrogens with two attached hydrogens (primary N) is 1. The fraction of sp³-hybridized carbons (Fsp3) is 0.182. The minimum Gasteiger partial charge on any atom is -0.504 e. The van der Waals surface area contributed by atoms with E-state index in [2.05, 4.69) is 0 Å². The van der Waals surface area contributed by atoms with E-state index in [1.54, 1.807) is 18.2 Å². The van der Waals surface area contributed by atoms with Crippen LogP contribution in [0.15, 0.2) is 22.6 Å². The quantitative estimate of drug-likeness (QED) is 0.315. The van der Waals surface area contributed by atoms with Gasteiger partial charge in [0.25, 0.3) is 0 Å². The SMILES string of the molecule is COc1cccc2c(O)c(C(=N)N(C)N)oc12. The van der Waals surface area contributed by atoms with E-state index in [0.29, 0.717) is 16.7 Å². The molecule has 0 amide bonds. The number of amidine groups is 1. The summed E-state index contributed by atoms with van der Waals surface area (Å²) in [6.45, 7) is 0. The first-order valence-corrected chi connectivity index (χ1v) is 4.92. The Kier molecular flexibility index (Phi) is 2.64. The zero-order chi connectivity index (χ0) is 12.6. The van der Waals surface area contributed by atoms with Crippen LogP contribution >= 0.6 is 0 Å². The lowest BCUT2D eigenvalue weighted by atomic mass is 10.2. The molecule has 0 bridgehead atoms. The number of hydrogen-bond acceptors (Lipinski definition) is 5. The molecule has 0 saturated carbocycles. The van der Waals surface area contributed by atoms with E-state index in [1.807, 2.05) is 0 Å². The standard InChI is InChI=1S/C11H13N3O3/c1-14(13)11(12)10-8(15)6-4-3-5-7(16-2)9(6)17-10/h3-5,12,15H,13H2,1-2H3. The Hall–Kier alpha value is -2.21. The van der Waals surface area contributed by atoms with Crippen LogP contribution in [0.25, 0.3) is 11.0 Å². The first kappa shape index (κ1) is 11.3. The first-order chi connectivity index (χ1) is 8.06. The molecule has 4 N–H and O–H groups in total. The summed E-state index contributed by atoms with van der Waals surface area (Å²) in [5, 5.41) is 19.2. The van der Waals surface area contributed by atoms with Gasteiger partial charge in [-0.3, -0.25) is 10.4 Å². The van der Waals surface area contributed by atoms with Gasteiger partial charge in [-0.25, -0.2) is 5.84 Å². The molecular formula is C11H13N3O3. The molecule has 2 aromatic rings. The van der Waals surface area contributed by atoms with E-state index in [1.165, 1.54) is 14.2 Å². The van der Waals surface area contributed by atoms with Gasteiger partial charge in [0.1, 0.15) is 0 Å². The number of nitrogens with zero attached hydrogens (tertiary/aromatic N) is 1. The van der Waals surface area contributed by atoms with Crippen LogP contribution in [0.4, 0.5) is 0 Å². The molecule has 6 heteroatoms. The molecule has 1 heterocycles. The Morgan fingerprint density at radius 3 is 2.82 bits per heavy atom. The van der Waals surface area contributed by atoms with Crippen molar-refractivity contribution in [2.75, 3.05) is 14.2 Å². The molecule has 0 aliphatic heterocycles. The summed E-state index contributed by atoms with van der Waals surface area (Å²) in [6, 6.07) is 5.13. The molecule has 0 fully saturated rings. The van der Waals surface area contributed by atoms with Gasteiger partial charge in [-0.2, -0.15) is 0 Å². The average molecular weight is 235 g/mol. The van der Waals surface area contributed by atoms with Gasteiger partial charge in [-0.1, -0.05) is 6.07 Å². The second kappa shape index (κ2) is 3.99. The molecule has 90 valence electrons. The first-order valence-electron chi connectivity index (χ1n) is 4.92. The van der Waals surface area contributed by atoms with Crippen molar-refractivity contribution in [3.63, 3.8) is 0 Å². The Morgan fingerprint density at radius 2 is 2.24 bits per heavy atom. The fourth-order valence-electron chi connectivity index (χ4n) is 1.56. The van der Waals surface area contributed by atoms with Crippen LogP contribution in [0.2, 0.25) is 0 Å². The number of rotatable bonds is 2. The third-order valence-electron chi connectivity index (χ3n) is 2.44. The number of hydrazine groups is 1.